The number of carbonyl (C=O) groups excluding carboxylic acids is 2. The molecule has 2 aromatic rings. The first kappa shape index (κ1) is 25.0. The molecule has 0 aromatic heterocycles. The predicted molar refractivity (Wildman–Crippen MR) is 130 cm³/mol. The standard InChI is InChI=1S/C26H32N2O7/c29-25-27-23-17-19-1-2-20-4-6-22(8-7-21(23)5-3-19)24(18-20)28-26(30)35-16-14-33-12-10-31-9-11-32-13-15-34-25/h3-6,17-18H,1-2,7-16H2,(H,27,29)(H,28,30). The molecular formula is C26H32N2O7. The molecule has 35 heavy (non-hydrogen) atoms. The number of benzene rings is 2. The maximum absolute atomic E-state index is 12.4. The fourth-order valence-electron chi connectivity index (χ4n) is 4.01. The first-order chi connectivity index (χ1) is 17.2. The van der Waals surface area contributed by atoms with E-state index in [1.54, 1.807) is 0 Å². The van der Waals surface area contributed by atoms with Gasteiger partial charge in [0.2, 0.25) is 0 Å². The second-order valence-corrected chi connectivity index (χ2v) is 8.34. The summed E-state index contributed by atoms with van der Waals surface area (Å²) in [6.45, 7) is 2.48. The third kappa shape index (κ3) is 7.95. The first-order valence-corrected chi connectivity index (χ1v) is 12.0. The van der Waals surface area contributed by atoms with Crippen LogP contribution in [0.5, 0.6) is 0 Å². The molecule has 2 aromatic carbocycles. The number of hydrogen-bond acceptors (Lipinski definition) is 7. The number of amides is 2. The lowest BCUT2D eigenvalue weighted by Gasteiger charge is -2.18. The molecule has 1 heterocycles. The lowest BCUT2D eigenvalue weighted by atomic mass is 9.94. The smallest absolute Gasteiger partial charge is 0.411 e. The Hall–Kier alpha value is -3.14. The Balaban J connectivity index is 1.51. The predicted octanol–water partition coefficient (Wildman–Crippen LogP) is 3.73. The van der Waals surface area contributed by atoms with Gasteiger partial charge in [-0.2, -0.15) is 0 Å². The molecule has 6 bridgehead atoms. The average Bonchev–Trinajstić information content (AvgIpc) is 2.84. The van der Waals surface area contributed by atoms with Crippen LogP contribution in [-0.2, 0) is 49.4 Å². The van der Waals surface area contributed by atoms with E-state index in [-0.39, 0.29) is 26.4 Å². The van der Waals surface area contributed by atoms with Crippen molar-refractivity contribution in [3.8, 4) is 0 Å². The van der Waals surface area contributed by atoms with Crippen LogP contribution in [0.4, 0.5) is 21.0 Å². The van der Waals surface area contributed by atoms with E-state index in [0.717, 1.165) is 46.5 Å². The van der Waals surface area contributed by atoms with Crippen LogP contribution < -0.4 is 10.6 Å². The number of nitrogens with one attached hydrogen (secondary N) is 2. The minimum Gasteiger partial charge on any atom is -0.447 e. The van der Waals surface area contributed by atoms with Crippen molar-refractivity contribution in [2.45, 2.75) is 25.7 Å². The van der Waals surface area contributed by atoms with Crippen molar-refractivity contribution in [2.75, 3.05) is 63.5 Å². The Morgan fingerprint density at radius 1 is 0.514 bits per heavy atom. The Morgan fingerprint density at radius 3 is 1.34 bits per heavy atom. The second kappa shape index (κ2) is 13.1. The third-order valence-electron chi connectivity index (χ3n) is 5.85. The lowest BCUT2D eigenvalue weighted by molar-refractivity contribution is 0.000477. The van der Waals surface area contributed by atoms with Crippen molar-refractivity contribution in [1.29, 1.82) is 0 Å². The van der Waals surface area contributed by atoms with Gasteiger partial charge in [-0.25, -0.2) is 9.59 Å². The zero-order valence-electron chi connectivity index (χ0n) is 19.8. The van der Waals surface area contributed by atoms with Gasteiger partial charge in [0.25, 0.3) is 0 Å². The zero-order chi connectivity index (χ0) is 24.3. The molecule has 9 nitrogen and oxygen atoms in total. The lowest BCUT2D eigenvalue weighted by Crippen LogP contribution is -2.19. The maximum Gasteiger partial charge on any atom is 0.411 e. The summed E-state index contributed by atoms with van der Waals surface area (Å²) in [5.41, 5.74) is 5.68. The molecule has 0 saturated heterocycles. The number of hydrogen-bond donors (Lipinski definition) is 2. The molecule has 0 unspecified atom stereocenters. The highest BCUT2D eigenvalue weighted by atomic mass is 16.6. The highest BCUT2D eigenvalue weighted by Crippen LogP contribution is 2.27. The van der Waals surface area contributed by atoms with Gasteiger partial charge in [0, 0.05) is 11.4 Å². The van der Waals surface area contributed by atoms with Gasteiger partial charge in [0.05, 0.1) is 39.6 Å². The Bertz CT molecular complexity index is 932. The highest BCUT2D eigenvalue weighted by molar-refractivity contribution is 5.87. The maximum atomic E-state index is 12.4. The minimum absolute atomic E-state index is 0.152. The van der Waals surface area contributed by atoms with E-state index in [1.807, 2.05) is 24.3 Å². The summed E-state index contributed by atoms with van der Waals surface area (Å²) in [6.07, 6.45) is 1.91. The average molecular weight is 485 g/mol. The van der Waals surface area contributed by atoms with Crippen LogP contribution in [-0.4, -0.2) is 65.0 Å². The number of anilines is 2. The van der Waals surface area contributed by atoms with Gasteiger partial charge >= 0.3 is 12.2 Å². The molecule has 2 amide bonds. The van der Waals surface area contributed by atoms with E-state index >= 15 is 0 Å². The van der Waals surface area contributed by atoms with Gasteiger partial charge in [-0.05, 0) is 60.1 Å². The monoisotopic (exact) mass is 484 g/mol. The molecule has 0 spiro atoms. The van der Waals surface area contributed by atoms with Gasteiger partial charge in [-0.15, -0.1) is 0 Å². The molecule has 4 aliphatic carbocycles. The number of carbonyl (C=O) groups is 2. The summed E-state index contributed by atoms with van der Waals surface area (Å²) in [4.78, 5) is 24.8. The summed E-state index contributed by atoms with van der Waals surface area (Å²) in [6, 6.07) is 12.3. The van der Waals surface area contributed by atoms with Crippen molar-refractivity contribution in [2.24, 2.45) is 0 Å². The summed E-state index contributed by atoms with van der Waals surface area (Å²) in [5, 5.41) is 5.78. The largest absolute Gasteiger partial charge is 0.447 e. The fraction of sp³-hybridized carbons (Fsp3) is 0.462. The van der Waals surface area contributed by atoms with Gasteiger partial charge in [-0.1, -0.05) is 24.3 Å². The molecule has 2 N–H and O–H groups in total. The van der Waals surface area contributed by atoms with Crippen LogP contribution in [0.15, 0.2) is 36.4 Å². The summed E-state index contributed by atoms with van der Waals surface area (Å²) in [7, 11) is 0. The molecule has 0 radical (unpaired) electrons. The molecule has 0 atom stereocenters. The van der Waals surface area contributed by atoms with Crippen LogP contribution in [0.25, 0.3) is 0 Å². The van der Waals surface area contributed by atoms with Crippen LogP contribution in [0.2, 0.25) is 0 Å². The van der Waals surface area contributed by atoms with E-state index in [4.69, 9.17) is 23.7 Å². The fourth-order valence-corrected chi connectivity index (χ4v) is 4.01. The quantitative estimate of drug-likeness (QED) is 0.587. The summed E-state index contributed by atoms with van der Waals surface area (Å²) < 4.78 is 26.9. The highest BCUT2D eigenvalue weighted by Gasteiger charge is 2.15. The Kier molecular flexibility index (Phi) is 9.33. The van der Waals surface area contributed by atoms with E-state index in [2.05, 4.69) is 22.8 Å². The third-order valence-corrected chi connectivity index (χ3v) is 5.85. The van der Waals surface area contributed by atoms with Crippen molar-refractivity contribution in [3.63, 3.8) is 0 Å². The Morgan fingerprint density at radius 2 is 0.914 bits per heavy atom. The topological polar surface area (TPSA) is 104 Å². The molecular weight excluding hydrogens is 452 g/mol. The van der Waals surface area contributed by atoms with Gasteiger partial charge < -0.3 is 23.7 Å². The minimum atomic E-state index is -0.515. The van der Waals surface area contributed by atoms with Crippen LogP contribution in [0.1, 0.15) is 22.3 Å². The van der Waals surface area contributed by atoms with E-state index in [1.165, 1.54) is 0 Å². The van der Waals surface area contributed by atoms with Crippen molar-refractivity contribution in [3.05, 3.63) is 58.7 Å². The summed E-state index contributed by atoms with van der Waals surface area (Å²) >= 11 is 0. The molecule has 188 valence electrons. The van der Waals surface area contributed by atoms with E-state index in [9.17, 15) is 9.59 Å². The normalized spacial score (nSPS) is 18.7. The van der Waals surface area contributed by atoms with Crippen LogP contribution in [0, 0.1) is 0 Å². The molecule has 9 heteroatoms. The van der Waals surface area contributed by atoms with Crippen molar-refractivity contribution < 1.29 is 33.3 Å². The van der Waals surface area contributed by atoms with Gasteiger partial charge in [-0.3, -0.25) is 10.6 Å². The van der Waals surface area contributed by atoms with Crippen LogP contribution in [0.3, 0.4) is 0 Å². The second-order valence-electron chi connectivity index (χ2n) is 8.34. The molecule has 7 rings (SSSR count). The zero-order valence-corrected chi connectivity index (χ0v) is 19.8. The van der Waals surface area contributed by atoms with E-state index in [0.29, 0.717) is 39.3 Å². The first-order valence-electron chi connectivity index (χ1n) is 12.0. The number of aryl methyl sites for hydroxylation is 4. The van der Waals surface area contributed by atoms with Crippen LogP contribution >= 0.6 is 0 Å². The van der Waals surface area contributed by atoms with Gasteiger partial charge in [0.15, 0.2) is 0 Å². The molecule has 0 fully saturated rings. The number of ether oxygens (including phenoxy) is 5. The van der Waals surface area contributed by atoms with Crippen molar-refractivity contribution >= 4 is 23.6 Å². The molecule has 0 saturated carbocycles. The molecule has 1 aliphatic heterocycles. The molecule has 5 aliphatic rings. The van der Waals surface area contributed by atoms with Crippen molar-refractivity contribution in [1.82, 2.24) is 0 Å². The van der Waals surface area contributed by atoms with Gasteiger partial charge in [0.1, 0.15) is 13.2 Å². The van der Waals surface area contributed by atoms with E-state index < -0.39 is 12.2 Å². The Labute approximate surface area is 205 Å². The summed E-state index contributed by atoms with van der Waals surface area (Å²) in [5.74, 6) is 0. The number of cyclic esters (lactones) is 2. The number of rotatable bonds is 0. The SMILES string of the molecule is O=C1Nc2cc3ccc2CCc2ccc(cc2NC(=O)OCCOCCOCCOCCO1)CC3.